The minimum absolute atomic E-state index is 1.16. The van der Waals surface area contributed by atoms with Crippen molar-refractivity contribution in [1.29, 1.82) is 0 Å². The van der Waals surface area contributed by atoms with Crippen molar-refractivity contribution in [2.45, 2.75) is 32.6 Å². The van der Waals surface area contributed by atoms with E-state index in [0.717, 1.165) is 5.82 Å². The van der Waals surface area contributed by atoms with Gasteiger partial charge in [-0.2, -0.15) is 0 Å². The van der Waals surface area contributed by atoms with E-state index in [1.807, 2.05) is 0 Å². The molecule has 0 bridgehead atoms. The van der Waals surface area contributed by atoms with Crippen LogP contribution in [0.5, 0.6) is 0 Å². The third-order valence-electron chi connectivity index (χ3n) is 2.60. The molecule has 1 aliphatic carbocycles. The molecule has 2 rings (SSSR count). The smallest absolute Gasteiger partial charge is 0.105 e. The van der Waals surface area contributed by atoms with Gasteiger partial charge in [-0.05, 0) is 32.6 Å². The van der Waals surface area contributed by atoms with Crippen LogP contribution in [-0.2, 0) is 19.9 Å². The third-order valence-corrected chi connectivity index (χ3v) is 2.60. The van der Waals surface area contributed by atoms with Gasteiger partial charge in [-0.3, -0.25) is 0 Å². The van der Waals surface area contributed by atoms with Crippen molar-refractivity contribution >= 4 is 0 Å². The summed E-state index contributed by atoms with van der Waals surface area (Å²) in [6, 6.07) is 0. The topological polar surface area (TPSA) is 17.8 Å². The quantitative estimate of drug-likeness (QED) is 0.549. The molecule has 0 aliphatic heterocycles. The second-order valence-electron chi connectivity index (χ2n) is 3.32. The molecule has 0 spiro atoms. The molecule has 60 valence electrons. The molecule has 0 fully saturated rings. The van der Waals surface area contributed by atoms with Crippen molar-refractivity contribution in [1.82, 2.24) is 9.55 Å². The number of rotatable bonds is 0. The van der Waals surface area contributed by atoms with Crippen molar-refractivity contribution in [3.05, 3.63) is 17.2 Å². The Kier molecular flexibility index (Phi) is 1.48. The molecule has 0 saturated heterocycles. The molecule has 0 N–H and O–H groups in total. The molecule has 1 aliphatic rings. The lowest BCUT2D eigenvalue weighted by Crippen LogP contribution is -2.05. The average molecular weight is 150 g/mol. The number of aryl methyl sites for hydroxylation is 2. The van der Waals surface area contributed by atoms with Crippen LogP contribution in [0.3, 0.4) is 0 Å². The number of hydrogen-bond donors (Lipinski definition) is 0. The molecule has 0 unspecified atom stereocenters. The van der Waals surface area contributed by atoms with Gasteiger partial charge in [-0.15, -0.1) is 0 Å². The van der Waals surface area contributed by atoms with Crippen LogP contribution in [0.25, 0.3) is 0 Å². The number of aromatic nitrogens is 2. The Labute approximate surface area is 67.3 Å². The van der Waals surface area contributed by atoms with E-state index >= 15 is 0 Å². The van der Waals surface area contributed by atoms with E-state index in [-0.39, 0.29) is 0 Å². The summed E-state index contributed by atoms with van der Waals surface area (Å²) in [5.41, 5.74) is 2.81. The van der Waals surface area contributed by atoms with Crippen molar-refractivity contribution in [3.8, 4) is 0 Å². The summed E-state index contributed by atoms with van der Waals surface area (Å²) in [4.78, 5) is 4.51. The Balaban J connectivity index is 2.50. The maximum absolute atomic E-state index is 4.51. The Morgan fingerprint density at radius 1 is 1.27 bits per heavy atom. The normalized spacial score (nSPS) is 16.5. The molecule has 0 saturated carbocycles. The Morgan fingerprint density at radius 3 is 2.73 bits per heavy atom. The van der Waals surface area contributed by atoms with E-state index in [4.69, 9.17) is 0 Å². The SMILES string of the molecule is Cc1nc2c(n1C)CCCC2. The van der Waals surface area contributed by atoms with Gasteiger partial charge in [0.05, 0.1) is 5.69 Å². The van der Waals surface area contributed by atoms with Gasteiger partial charge in [0.1, 0.15) is 5.82 Å². The second-order valence-corrected chi connectivity index (χ2v) is 3.32. The lowest BCUT2D eigenvalue weighted by Gasteiger charge is -2.10. The zero-order valence-electron chi connectivity index (χ0n) is 7.22. The number of nitrogens with zero attached hydrogens (tertiary/aromatic N) is 2. The predicted octanol–water partition coefficient (Wildman–Crippen LogP) is 1.61. The molecule has 11 heavy (non-hydrogen) atoms. The molecule has 1 aromatic heterocycles. The van der Waals surface area contributed by atoms with E-state index in [2.05, 4.69) is 23.5 Å². The first kappa shape index (κ1) is 6.89. The van der Waals surface area contributed by atoms with Gasteiger partial charge < -0.3 is 4.57 Å². The standard InChI is InChI=1S/C9H14N2/c1-7-10-8-5-3-4-6-9(8)11(7)2/h3-6H2,1-2H3. The Hall–Kier alpha value is -0.790. The molecule has 2 nitrogen and oxygen atoms in total. The Bertz CT molecular complexity index is 273. The number of hydrogen-bond acceptors (Lipinski definition) is 1. The number of fused-ring (bicyclic) bond motifs is 1. The van der Waals surface area contributed by atoms with Crippen LogP contribution in [0, 0.1) is 6.92 Å². The molecular weight excluding hydrogens is 136 g/mol. The van der Waals surface area contributed by atoms with Crippen LogP contribution < -0.4 is 0 Å². The van der Waals surface area contributed by atoms with Crippen LogP contribution in [0.2, 0.25) is 0 Å². The molecule has 0 aromatic carbocycles. The second kappa shape index (κ2) is 2.36. The first-order chi connectivity index (χ1) is 5.29. The summed E-state index contributed by atoms with van der Waals surface area (Å²) < 4.78 is 2.23. The van der Waals surface area contributed by atoms with Crippen molar-refractivity contribution in [2.75, 3.05) is 0 Å². The molecule has 1 heterocycles. The van der Waals surface area contributed by atoms with E-state index < -0.39 is 0 Å². The fourth-order valence-corrected chi connectivity index (χ4v) is 1.82. The zero-order valence-corrected chi connectivity index (χ0v) is 7.22. The van der Waals surface area contributed by atoms with Gasteiger partial charge in [0, 0.05) is 12.7 Å². The lowest BCUT2D eigenvalue weighted by molar-refractivity contribution is 0.642. The monoisotopic (exact) mass is 150 g/mol. The highest BCUT2D eigenvalue weighted by molar-refractivity contribution is 5.19. The van der Waals surface area contributed by atoms with Crippen LogP contribution >= 0.6 is 0 Å². The molecular formula is C9H14N2. The van der Waals surface area contributed by atoms with E-state index in [1.54, 1.807) is 0 Å². The highest BCUT2D eigenvalue weighted by atomic mass is 15.1. The van der Waals surface area contributed by atoms with Crippen LogP contribution in [0.1, 0.15) is 30.1 Å². The van der Waals surface area contributed by atoms with Crippen LogP contribution in [-0.4, -0.2) is 9.55 Å². The fourth-order valence-electron chi connectivity index (χ4n) is 1.82. The van der Waals surface area contributed by atoms with Crippen LogP contribution in [0.15, 0.2) is 0 Å². The maximum Gasteiger partial charge on any atom is 0.105 e. The minimum atomic E-state index is 1.16. The Morgan fingerprint density at radius 2 is 2.00 bits per heavy atom. The first-order valence-electron chi connectivity index (χ1n) is 4.30. The van der Waals surface area contributed by atoms with E-state index in [0.29, 0.717) is 0 Å². The highest BCUT2D eigenvalue weighted by Gasteiger charge is 2.15. The van der Waals surface area contributed by atoms with Gasteiger partial charge in [0.15, 0.2) is 0 Å². The van der Waals surface area contributed by atoms with Crippen LogP contribution in [0.4, 0.5) is 0 Å². The van der Waals surface area contributed by atoms with Gasteiger partial charge in [-0.25, -0.2) is 4.98 Å². The van der Waals surface area contributed by atoms with Gasteiger partial charge in [0.25, 0.3) is 0 Å². The van der Waals surface area contributed by atoms with Gasteiger partial charge >= 0.3 is 0 Å². The molecule has 2 heteroatoms. The van der Waals surface area contributed by atoms with E-state index in [1.165, 1.54) is 37.1 Å². The van der Waals surface area contributed by atoms with Crippen molar-refractivity contribution in [3.63, 3.8) is 0 Å². The highest BCUT2D eigenvalue weighted by Crippen LogP contribution is 2.20. The summed E-state index contributed by atoms with van der Waals surface area (Å²) in [5, 5.41) is 0. The van der Waals surface area contributed by atoms with Gasteiger partial charge in [-0.1, -0.05) is 0 Å². The molecule has 0 atom stereocenters. The van der Waals surface area contributed by atoms with Gasteiger partial charge in [0.2, 0.25) is 0 Å². The summed E-state index contributed by atoms with van der Waals surface area (Å²) >= 11 is 0. The first-order valence-corrected chi connectivity index (χ1v) is 4.30. The summed E-state index contributed by atoms with van der Waals surface area (Å²) in [6.07, 6.45) is 5.08. The summed E-state index contributed by atoms with van der Waals surface area (Å²) in [7, 11) is 2.12. The molecule has 1 aromatic rings. The third kappa shape index (κ3) is 0.971. The summed E-state index contributed by atoms with van der Waals surface area (Å²) in [6.45, 7) is 2.08. The minimum Gasteiger partial charge on any atom is -0.335 e. The lowest BCUT2D eigenvalue weighted by atomic mass is 10.0. The summed E-state index contributed by atoms with van der Waals surface area (Å²) in [5.74, 6) is 1.16. The van der Waals surface area contributed by atoms with E-state index in [9.17, 15) is 0 Å². The zero-order chi connectivity index (χ0) is 7.84. The van der Waals surface area contributed by atoms with Crippen molar-refractivity contribution < 1.29 is 0 Å². The predicted molar refractivity (Wildman–Crippen MR) is 44.6 cm³/mol. The average Bonchev–Trinajstić information content (AvgIpc) is 2.30. The molecule has 0 amide bonds. The van der Waals surface area contributed by atoms with Crippen molar-refractivity contribution in [2.24, 2.45) is 7.05 Å². The number of imidazole rings is 1. The molecule has 0 radical (unpaired) electrons. The maximum atomic E-state index is 4.51. The largest absolute Gasteiger partial charge is 0.335 e. The fraction of sp³-hybridized carbons (Fsp3) is 0.667.